The molecule has 1 aliphatic rings. The lowest BCUT2D eigenvalue weighted by Crippen LogP contribution is -2.41. The van der Waals surface area contributed by atoms with Gasteiger partial charge in [-0.3, -0.25) is 9.69 Å². The van der Waals surface area contributed by atoms with Gasteiger partial charge in [-0.2, -0.15) is 0 Å². The van der Waals surface area contributed by atoms with Crippen molar-refractivity contribution in [2.24, 2.45) is 5.92 Å². The third kappa shape index (κ3) is 4.91. The molecule has 0 amide bonds. The first-order chi connectivity index (χ1) is 10.7. The van der Waals surface area contributed by atoms with Crippen molar-refractivity contribution in [3.8, 4) is 11.5 Å². The minimum absolute atomic E-state index is 0.00511. The van der Waals surface area contributed by atoms with Crippen LogP contribution in [0.5, 0.6) is 11.5 Å². The molecule has 0 aromatic heterocycles. The maximum absolute atomic E-state index is 11.8. The number of rotatable bonds is 7. The van der Waals surface area contributed by atoms with E-state index < -0.39 is 0 Å². The van der Waals surface area contributed by atoms with E-state index in [2.05, 4.69) is 4.90 Å². The van der Waals surface area contributed by atoms with E-state index in [0.29, 0.717) is 13.2 Å². The third-order valence-electron chi connectivity index (χ3n) is 3.84. The monoisotopic (exact) mass is 307 g/mol. The van der Waals surface area contributed by atoms with Crippen molar-refractivity contribution in [3.05, 3.63) is 24.3 Å². The topological polar surface area (TPSA) is 48.0 Å². The molecule has 1 atom stereocenters. The highest BCUT2D eigenvalue weighted by Crippen LogP contribution is 2.20. The number of piperidine rings is 1. The summed E-state index contributed by atoms with van der Waals surface area (Å²) in [5.74, 6) is 1.53. The zero-order valence-electron chi connectivity index (χ0n) is 13.4. The zero-order chi connectivity index (χ0) is 15.8. The summed E-state index contributed by atoms with van der Waals surface area (Å²) in [6.07, 6.45) is 1.95. The van der Waals surface area contributed by atoms with Gasteiger partial charge in [-0.1, -0.05) is 6.07 Å². The molecule has 1 saturated heterocycles. The molecular formula is C17H25NO4. The van der Waals surface area contributed by atoms with Crippen LogP contribution < -0.4 is 9.47 Å². The minimum Gasteiger partial charge on any atom is -0.497 e. The van der Waals surface area contributed by atoms with E-state index in [4.69, 9.17) is 14.2 Å². The SMILES string of the molecule is CCOC(=O)C1CCCN(CCOc2cccc(OC)c2)C1. The van der Waals surface area contributed by atoms with Gasteiger partial charge in [0.25, 0.3) is 0 Å². The Labute approximate surface area is 132 Å². The Morgan fingerprint density at radius 2 is 2.18 bits per heavy atom. The van der Waals surface area contributed by atoms with Crippen LogP contribution in [-0.4, -0.2) is 50.8 Å². The van der Waals surface area contributed by atoms with Gasteiger partial charge in [-0.15, -0.1) is 0 Å². The predicted octanol–water partition coefficient (Wildman–Crippen LogP) is 2.35. The number of carbonyl (C=O) groups is 1. The van der Waals surface area contributed by atoms with E-state index >= 15 is 0 Å². The fraction of sp³-hybridized carbons (Fsp3) is 0.588. The average molecular weight is 307 g/mol. The van der Waals surface area contributed by atoms with Gasteiger partial charge >= 0.3 is 5.97 Å². The van der Waals surface area contributed by atoms with E-state index in [9.17, 15) is 4.79 Å². The van der Waals surface area contributed by atoms with Gasteiger partial charge in [-0.25, -0.2) is 0 Å². The fourth-order valence-corrected chi connectivity index (χ4v) is 2.69. The summed E-state index contributed by atoms with van der Waals surface area (Å²) in [5.41, 5.74) is 0. The number of methoxy groups -OCH3 is 1. The maximum Gasteiger partial charge on any atom is 0.310 e. The second kappa shape index (κ2) is 8.63. The summed E-state index contributed by atoms with van der Waals surface area (Å²) < 4.78 is 16.0. The third-order valence-corrected chi connectivity index (χ3v) is 3.84. The first-order valence-electron chi connectivity index (χ1n) is 7.88. The van der Waals surface area contributed by atoms with Gasteiger partial charge in [0.15, 0.2) is 0 Å². The number of ether oxygens (including phenoxy) is 3. The quantitative estimate of drug-likeness (QED) is 0.724. The minimum atomic E-state index is -0.0686. The molecule has 0 saturated carbocycles. The molecule has 1 unspecified atom stereocenters. The fourth-order valence-electron chi connectivity index (χ4n) is 2.69. The van der Waals surface area contributed by atoms with Crippen molar-refractivity contribution in [2.45, 2.75) is 19.8 Å². The Morgan fingerprint density at radius 3 is 2.95 bits per heavy atom. The number of nitrogens with zero attached hydrogens (tertiary/aromatic N) is 1. The highest BCUT2D eigenvalue weighted by molar-refractivity contribution is 5.72. The van der Waals surface area contributed by atoms with Crippen LogP contribution >= 0.6 is 0 Å². The summed E-state index contributed by atoms with van der Waals surface area (Å²) >= 11 is 0. The molecule has 1 aromatic rings. The van der Waals surface area contributed by atoms with Gasteiger partial charge in [0.05, 0.1) is 19.6 Å². The predicted molar refractivity (Wildman–Crippen MR) is 84.3 cm³/mol. The number of hydrogen-bond acceptors (Lipinski definition) is 5. The van der Waals surface area contributed by atoms with Crippen molar-refractivity contribution in [1.82, 2.24) is 4.90 Å². The normalized spacial score (nSPS) is 18.7. The molecule has 22 heavy (non-hydrogen) atoms. The molecule has 0 spiro atoms. The molecular weight excluding hydrogens is 282 g/mol. The van der Waals surface area contributed by atoms with Crippen molar-refractivity contribution < 1.29 is 19.0 Å². The summed E-state index contributed by atoms with van der Waals surface area (Å²) in [6.45, 7) is 5.49. The molecule has 1 aliphatic heterocycles. The Hall–Kier alpha value is -1.75. The maximum atomic E-state index is 11.8. The Balaban J connectivity index is 1.75. The molecule has 5 heteroatoms. The van der Waals surface area contributed by atoms with E-state index in [1.165, 1.54) is 0 Å². The highest BCUT2D eigenvalue weighted by Gasteiger charge is 2.26. The molecule has 1 fully saturated rings. The molecule has 0 bridgehead atoms. The standard InChI is InChI=1S/C17H25NO4/c1-3-21-17(19)14-6-5-9-18(13-14)10-11-22-16-8-4-7-15(12-16)20-2/h4,7-8,12,14H,3,5-6,9-11,13H2,1-2H3. The van der Waals surface area contributed by atoms with Crippen LogP contribution in [0.1, 0.15) is 19.8 Å². The highest BCUT2D eigenvalue weighted by atomic mass is 16.5. The van der Waals surface area contributed by atoms with E-state index in [1.54, 1.807) is 7.11 Å². The van der Waals surface area contributed by atoms with Crippen molar-refractivity contribution in [3.63, 3.8) is 0 Å². The van der Waals surface area contributed by atoms with Crippen LogP contribution in [-0.2, 0) is 9.53 Å². The largest absolute Gasteiger partial charge is 0.497 e. The molecule has 1 heterocycles. The molecule has 1 aromatic carbocycles. The Bertz CT molecular complexity index is 477. The second-order valence-corrected chi connectivity index (χ2v) is 5.42. The van der Waals surface area contributed by atoms with E-state index in [-0.39, 0.29) is 11.9 Å². The molecule has 0 radical (unpaired) electrons. The molecule has 2 rings (SSSR count). The Kier molecular flexibility index (Phi) is 6.52. The summed E-state index contributed by atoms with van der Waals surface area (Å²) in [7, 11) is 1.64. The molecule has 5 nitrogen and oxygen atoms in total. The summed E-state index contributed by atoms with van der Waals surface area (Å²) in [4.78, 5) is 14.1. The number of likely N-dealkylation sites (tertiary alicyclic amines) is 1. The lowest BCUT2D eigenvalue weighted by atomic mass is 9.98. The van der Waals surface area contributed by atoms with Crippen LogP contribution in [0.3, 0.4) is 0 Å². The number of hydrogen-bond donors (Lipinski definition) is 0. The van der Waals surface area contributed by atoms with Crippen LogP contribution in [0.2, 0.25) is 0 Å². The van der Waals surface area contributed by atoms with Gasteiger partial charge in [-0.05, 0) is 38.4 Å². The lowest BCUT2D eigenvalue weighted by molar-refractivity contribution is -0.150. The number of benzene rings is 1. The smallest absolute Gasteiger partial charge is 0.310 e. The summed E-state index contributed by atoms with van der Waals surface area (Å²) in [6, 6.07) is 7.59. The number of carbonyl (C=O) groups excluding carboxylic acids is 1. The molecule has 122 valence electrons. The van der Waals surface area contributed by atoms with Crippen LogP contribution in [0.15, 0.2) is 24.3 Å². The lowest BCUT2D eigenvalue weighted by Gasteiger charge is -2.31. The van der Waals surface area contributed by atoms with E-state index in [1.807, 2.05) is 31.2 Å². The van der Waals surface area contributed by atoms with Crippen LogP contribution in [0.25, 0.3) is 0 Å². The van der Waals surface area contributed by atoms with E-state index in [0.717, 1.165) is 44.0 Å². The molecule has 0 N–H and O–H groups in total. The first kappa shape index (κ1) is 16.6. The van der Waals surface area contributed by atoms with Crippen molar-refractivity contribution >= 4 is 5.97 Å². The van der Waals surface area contributed by atoms with Crippen molar-refractivity contribution in [2.75, 3.05) is 40.0 Å². The van der Waals surface area contributed by atoms with Crippen molar-refractivity contribution in [1.29, 1.82) is 0 Å². The average Bonchev–Trinajstić information content (AvgIpc) is 2.55. The van der Waals surface area contributed by atoms with Gasteiger partial charge in [0, 0.05) is 19.2 Å². The molecule has 0 aliphatic carbocycles. The van der Waals surface area contributed by atoms with Gasteiger partial charge in [0.1, 0.15) is 18.1 Å². The van der Waals surface area contributed by atoms with Gasteiger partial charge < -0.3 is 14.2 Å². The second-order valence-electron chi connectivity index (χ2n) is 5.42. The van der Waals surface area contributed by atoms with Crippen LogP contribution in [0.4, 0.5) is 0 Å². The first-order valence-corrected chi connectivity index (χ1v) is 7.88. The summed E-state index contributed by atoms with van der Waals surface area (Å²) in [5, 5.41) is 0. The Morgan fingerprint density at radius 1 is 1.36 bits per heavy atom. The number of esters is 1. The zero-order valence-corrected chi connectivity index (χ0v) is 13.4. The van der Waals surface area contributed by atoms with Gasteiger partial charge in [0.2, 0.25) is 0 Å². The van der Waals surface area contributed by atoms with Crippen LogP contribution in [0, 0.1) is 5.92 Å².